The fourth-order valence-corrected chi connectivity index (χ4v) is 1.47. The molecule has 0 aliphatic carbocycles. The van der Waals surface area contributed by atoms with Gasteiger partial charge < -0.3 is 4.74 Å². The van der Waals surface area contributed by atoms with Gasteiger partial charge >= 0.3 is 5.97 Å². The van der Waals surface area contributed by atoms with Crippen molar-refractivity contribution >= 4 is 23.3 Å². The van der Waals surface area contributed by atoms with Crippen molar-refractivity contribution in [3.8, 4) is 0 Å². The number of Topliss-reactive ketones (excluding diaryl/α,β-unsaturated/α-hetero) is 3. The van der Waals surface area contributed by atoms with Crippen LogP contribution in [0.4, 0.5) is 0 Å². The van der Waals surface area contributed by atoms with E-state index >= 15 is 0 Å². The zero-order valence-electron chi connectivity index (χ0n) is 9.96. The topological polar surface area (TPSA) is 77.5 Å². The lowest BCUT2D eigenvalue weighted by molar-refractivity contribution is -0.165. The Labute approximate surface area is 94.1 Å². The minimum Gasteiger partial charge on any atom is -0.457 e. The summed E-state index contributed by atoms with van der Waals surface area (Å²) in [7, 11) is 0. The van der Waals surface area contributed by atoms with Crippen molar-refractivity contribution in [3.63, 3.8) is 0 Å². The van der Waals surface area contributed by atoms with Gasteiger partial charge in [-0.1, -0.05) is 6.92 Å². The molecule has 5 nitrogen and oxygen atoms in total. The number of ketones is 3. The maximum Gasteiger partial charge on any atom is 0.327 e. The van der Waals surface area contributed by atoms with Crippen LogP contribution in [0.1, 0.15) is 34.1 Å². The molecule has 0 radical (unpaired) electrons. The number of ether oxygens (including phenoxy) is 1. The van der Waals surface area contributed by atoms with Crippen molar-refractivity contribution in [3.05, 3.63) is 0 Å². The lowest BCUT2D eigenvalue weighted by Gasteiger charge is -2.24. The van der Waals surface area contributed by atoms with E-state index in [0.717, 1.165) is 0 Å². The summed E-state index contributed by atoms with van der Waals surface area (Å²) in [5, 5.41) is 0. The molecule has 90 valence electrons. The maximum atomic E-state index is 11.7. The van der Waals surface area contributed by atoms with Gasteiger partial charge in [-0.3, -0.25) is 19.2 Å². The highest BCUT2D eigenvalue weighted by Gasteiger charge is 2.47. The van der Waals surface area contributed by atoms with Crippen molar-refractivity contribution in [2.24, 2.45) is 5.41 Å². The largest absolute Gasteiger partial charge is 0.457 e. The third-order valence-electron chi connectivity index (χ3n) is 2.49. The molecule has 0 fully saturated rings. The lowest BCUT2D eigenvalue weighted by Crippen LogP contribution is -2.45. The summed E-state index contributed by atoms with van der Waals surface area (Å²) in [6.07, 6.45) is 0.0361. The zero-order chi connectivity index (χ0) is 12.9. The molecule has 0 unspecified atom stereocenters. The van der Waals surface area contributed by atoms with Crippen LogP contribution in [0.25, 0.3) is 0 Å². The molecule has 0 bridgehead atoms. The molecule has 0 aliphatic heterocycles. The second-order valence-electron chi connectivity index (χ2n) is 3.65. The standard InChI is InChI=1S/C11H16O5/c1-5-11(8(3)13,9(4)14)10(15)16-6-7(2)12/h5-6H2,1-4H3. The predicted molar refractivity (Wildman–Crippen MR) is 55.7 cm³/mol. The monoisotopic (exact) mass is 228 g/mol. The van der Waals surface area contributed by atoms with Gasteiger partial charge in [0, 0.05) is 0 Å². The molecule has 5 heteroatoms. The van der Waals surface area contributed by atoms with Gasteiger partial charge in [0.05, 0.1) is 0 Å². The average Bonchev–Trinajstić information content (AvgIpc) is 2.15. The molecule has 0 amide bonds. The fourth-order valence-electron chi connectivity index (χ4n) is 1.47. The predicted octanol–water partition coefficient (Wildman–Crippen LogP) is 0.693. The molecule has 0 N–H and O–H groups in total. The van der Waals surface area contributed by atoms with E-state index in [1.807, 2.05) is 0 Å². The highest BCUT2D eigenvalue weighted by atomic mass is 16.5. The van der Waals surface area contributed by atoms with Gasteiger partial charge in [-0.2, -0.15) is 0 Å². The third kappa shape index (κ3) is 2.74. The maximum absolute atomic E-state index is 11.7. The van der Waals surface area contributed by atoms with E-state index in [4.69, 9.17) is 0 Å². The molecule has 0 saturated heterocycles. The number of carbonyl (C=O) groups excluding carboxylic acids is 4. The normalized spacial score (nSPS) is 10.8. The Bertz CT molecular complexity index is 315. The van der Waals surface area contributed by atoms with Gasteiger partial charge in [-0.25, -0.2) is 0 Å². The van der Waals surface area contributed by atoms with Crippen LogP contribution in [0, 0.1) is 5.41 Å². The van der Waals surface area contributed by atoms with E-state index in [9.17, 15) is 19.2 Å². The van der Waals surface area contributed by atoms with Gasteiger partial charge in [-0.15, -0.1) is 0 Å². The summed E-state index contributed by atoms with van der Waals surface area (Å²) in [5.41, 5.74) is -1.75. The van der Waals surface area contributed by atoms with Gasteiger partial charge in [-0.05, 0) is 27.2 Å². The summed E-state index contributed by atoms with van der Waals surface area (Å²) in [5.74, 6) is -2.40. The molecule has 0 aromatic rings. The zero-order valence-corrected chi connectivity index (χ0v) is 9.96. The minimum atomic E-state index is -1.75. The highest BCUT2D eigenvalue weighted by Crippen LogP contribution is 2.26. The Morgan fingerprint density at radius 2 is 1.44 bits per heavy atom. The number of carbonyl (C=O) groups is 4. The van der Waals surface area contributed by atoms with E-state index in [0.29, 0.717) is 0 Å². The Kier molecular flexibility index (Phi) is 5.01. The SMILES string of the molecule is CCC(C(C)=O)(C(C)=O)C(=O)OCC(C)=O. The van der Waals surface area contributed by atoms with Crippen LogP contribution in [0.2, 0.25) is 0 Å². The Morgan fingerprint density at radius 1 is 1.00 bits per heavy atom. The number of rotatable bonds is 6. The van der Waals surface area contributed by atoms with Crippen LogP contribution < -0.4 is 0 Å². The van der Waals surface area contributed by atoms with Gasteiger partial charge in [0.2, 0.25) is 0 Å². The third-order valence-corrected chi connectivity index (χ3v) is 2.49. The number of hydrogen-bond acceptors (Lipinski definition) is 5. The molecule has 0 heterocycles. The van der Waals surface area contributed by atoms with Crippen molar-refractivity contribution in [2.75, 3.05) is 6.61 Å². The van der Waals surface area contributed by atoms with Crippen LogP contribution in [-0.2, 0) is 23.9 Å². The Hall–Kier alpha value is -1.52. The molecule has 0 aliphatic rings. The first-order valence-electron chi connectivity index (χ1n) is 4.97. The lowest BCUT2D eigenvalue weighted by atomic mass is 9.78. The minimum absolute atomic E-state index is 0.0361. The van der Waals surface area contributed by atoms with Crippen LogP contribution in [0.15, 0.2) is 0 Å². The van der Waals surface area contributed by atoms with Gasteiger partial charge in [0.25, 0.3) is 0 Å². The second kappa shape index (κ2) is 5.53. The molecule has 16 heavy (non-hydrogen) atoms. The van der Waals surface area contributed by atoms with Crippen LogP contribution >= 0.6 is 0 Å². The Balaban J connectivity index is 5.04. The molecule has 0 saturated carbocycles. The quantitative estimate of drug-likeness (QED) is 0.493. The molecule has 0 aromatic heterocycles. The second-order valence-corrected chi connectivity index (χ2v) is 3.65. The summed E-state index contributed by atoms with van der Waals surface area (Å²) in [4.78, 5) is 45.2. The first kappa shape index (κ1) is 14.5. The average molecular weight is 228 g/mol. The van der Waals surface area contributed by atoms with E-state index in [1.165, 1.54) is 20.8 Å². The number of hydrogen-bond donors (Lipinski definition) is 0. The summed E-state index contributed by atoms with van der Waals surface area (Å²) < 4.78 is 4.65. The van der Waals surface area contributed by atoms with Crippen molar-refractivity contribution < 1.29 is 23.9 Å². The Morgan fingerprint density at radius 3 is 1.69 bits per heavy atom. The summed E-state index contributed by atoms with van der Waals surface area (Å²) in [6, 6.07) is 0. The first-order valence-corrected chi connectivity index (χ1v) is 4.97. The van der Waals surface area contributed by atoms with E-state index in [2.05, 4.69) is 4.74 Å². The van der Waals surface area contributed by atoms with E-state index in [-0.39, 0.29) is 12.2 Å². The molecule has 0 aromatic carbocycles. The fraction of sp³-hybridized carbons (Fsp3) is 0.636. The van der Waals surface area contributed by atoms with Crippen LogP contribution in [-0.4, -0.2) is 29.9 Å². The van der Waals surface area contributed by atoms with Crippen molar-refractivity contribution in [2.45, 2.75) is 34.1 Å². The molecule has 0 atom stereocenters. The first-order chi connectivity index (χ1) is 7.28. The summed E-state index contributed by atoms with van der Waals surface area (Å²) >= 11 is 0. The molecular formula is C11H16O5. The van der Waals surface area contributed by atoms with E-state index in [1.54, 1.807) is 6.92 Å². The molecular weight excluding hydrogens is 212 g/mol. The van der Waals surface area contributed by atoms with Gasteiger partial charge in [0.1, 0.15) is 6.61 Å². The van der Waals surface area contributed by atoms with Crippen molar-refractivity contribution in [1.29, 1.82) is 0 Å². The molecule has 0 spiro atoms. The van der Waals surface area contributed by atoms with Gasteiger partial charge in [0.15, 0.2) is 22.8 Å². The van der Waals surface area contributed by atoms with Crippen LogP contribution in [0.5, 0.6) is 0 Å². The smallest absolute Gasteiger partial charge is 0.327 e. The van der Waals surface area contributed by atoms with Crippen LogP contribution in [0.3, 0.4) is 0 Å². The number of esters is 1. The summed E-state index contributed by atoms with van der Waals surface area (Å²) in [6.45, 7) is 4.72. The van der Waals surface area contributed by atoms with Crippen molar-refractivity contribution in [1.82, 2.24) is 0 Å². The molecule has 0 rings (SSSR count). The highest BCUT2D eigenvalue weighted by molar-refractivity contribution is 6.21. The van der Waals surface area contributed by atoms with E-state index < -0.39 is 29.6 Å².